The van der Waals surface area contributed by atoms with Gasteiger partial charge in [0, 0.05) is 35.2 Å². The molecule has 0 atom stereocenters. The van der Waals surface area contributed by atoms with Crippen LogP contribution in [0, 0.1) is 11.8 Å². The standard InChI is InChI=1S/C24H29N3O3S/c1-23(2,3)22-18(12-11-16(25-22)13-14-24(4,5)28)17-9-8-10-19-20(15-31(7,29)30)26-27(6)21(17)19/h8-12,28H,15H2,1-7H3. The molecule has 0 saturated heterocycles. The number of pyridine rings is 1. The number of para-hydroxylation sites is 1. The molecule has 0 amide bonds. The van der Waals surface area contributed by atoms with E-state index < -0.39 is 15.4 Å². The van der Waals surface area contributed by atoms with Crippen molar-refractivity contribution in [2.24, 2.45) is 7.05 Å². The van der Waals surface area contributed by atoms with Gasteiger partial charge in [-0.05, 0) is 31.9 Å². The summed E-state index contributed by atoms with van der Waals surface area (Å²) in [5.41, 5.74) is 3.38. The Labute approximate surface area is 184 Å². The third-order valence-electron chi connectivity index (χ3n) is 4.73. The van der Waals surface area contributed by atoms with Crippen molar-refractivity contribution in [1.82, 2.24) is 14.8 Å². The minimum Gasteiger partial charge on any atom is -0.378 e. The predicted molar refractivity (Wildman–Crippen MR) is 124 cm³/mol. The maximum atomic E-state index is 11.9. The summed E-state index contributed by atoms with van der Waals surface area (Å²) in [5.74, 6) is 5.66. The van der Waals surface area contributed by atoms with Crippen LogP contribution in [0.25, 0.3) is 22.0 Å². The predicted octanol–water partition coefficient (Wildman–Crippen LogP) is 3.60. The van der Waals surface area contributed by atoms with Crippen LogP contribution in [-0.4, -0.2) is 40.1 Å². The first-order valence-corrected chi connectivity index (χ1v) is 12.1. The molecule has 2 aromatic heterocycles. The van der Waals surface area contributed by atoms with E-state index in [9.17, 15) is 13.5 Å². The highest BCUT2D eigenvalue weighted by molar-refractivity contribution is 7.89. The van der Waals surface area contributed by atoms with E-state index in [-0.39, 0.29) is 11.2 Å². The van der Waals surface area contributed by atoms with Gasteiger partial charge in [0.25, 0.3) is 0 Å². The fraction of sp³-hybridized carbons (Fsp3) is 0.417. The van der Waals surface area contributed by atoms with E-state index >= 15 is 0 Å². The van der Waals surface area contributed by atoms with E-state index in [1.54, 1.807) is 18.5 Å². The molecule has 7 heteroatoms. The summed E-state index contributed by atoms with van der Waals surface area (Å²) in [4.78, 5) is 4.82. The Hall–Kier alpha value is -2.69. The highest BCUT2D eigenvalue weighted by Gasteiger charge is 2.24. The van der Waals surface area contributed by atoms with Crippen molar-refractivity contribution in [3.8, 4) is 23.0 Å². The number of aryl methyl sites for hydroxylation is 1. The molecule has 0 unspecified atom stereocenters. The van der Waals surface area contributed by atoms with Gasteiger partial charge < -0.3 is 5.11 Å². The smallest absolute Gasteiger partial charge is 0.153 e. The Morgan fingerprint density at radius 3 is 2.32 bits per heavy atom. The maximum Gasteiger partial charge on any atom is 0.153 e. The zero-order chi connectivity index (χ0) is 23.2. The van der Waals surface area contributed by atoms with Gasteiger partial charge in [0.1, 0.15) is 11.3 Å². The summed E-state index contributed by atoms with van der Waals surface area (Å²) in [6, 6.07) is 9.65. The van der Waals surface area contributed by atoms with Crippen molar-refractivity contribution in [1.29, 1.82) is 0 Å². The number of hydrogen-bond donors (Lipinski definition) is 1. The average molecular weight is 440 g/mol. The summed E-state index contributed by atoms with van der Waals surface area (Å²) in [6.45, 7) is 9.53. The molecule has 164 valence electrons. The summed E-state index contributed by atoms with van der Waals surface area (Å²) < 4.78 is 25.5. The molecule has 0 aliphatic heterocycles. The van der Waals surface area contributed by atoms with Gasteiger partial charge in [-0.3, -0.25) is 4.68 Å². The molecule has 1 N–H and O–H groups in total. The van der Waals surface area contributed by atoms with E-state index in [0.717, 1.165) is 27.7 Å². The molecular weight excluding hydrogens is 410 g/mol. The van der Waals surface area contributed by atoms with Gasteiger partial charge in [-0.15, -0.1) is 0 Å². The number of benzene rings is 1. The first-order chi connectivity index (χ1) is 14.2. The largest absolute Gasteiger partial charge is 0.378 e. The number of fused-ring (bicyclic) bond motifs is 1. The van der Waals surface area contributed by atoms with Crippen molar-refractivity contribution in [3.63, 3.8) is 0 Å². The van der Waals surface area contributed by atoms with Crippen LogP contribution in [0.5, 0.6) is 0 Å². The summed E-state index contributed by atoms with van der Waals surface area (Å²) in [7, 11) is -1.39. The molecule has 2 heterocycles. The number of hydrogen-bond acceptors (Lipinski definition) is 5. The molecule has 3 aromatic rings. The lowest BCUT2D eigenvalue weighted by Gasteiger charge is -2.22. The van der Waals surface area contributed by atoms with Crippen molar-refractivity contribution in [2.75, 3.05) is 6.26 Å². The second-order valence-electron chi connectivity index (χ2n) is 9.49. The molecule has 0 aliphatic carbocycles. The second kappa shape index (κ2) is 7.77. The molecule has 6 nitrogen and oxygen atoms in total. The van der Waals surface area contributed by atoms with Crippen LogP contribution >= 0.6 is 0 Å². The Bertz CT molecular complexity index is 1310. The van der Waals surface area contributed by atoms with Crippen LogP contribution in [-0.2, 0) is 28.1 Å². The van der Waals surface area contributed by atoms with Crippen molar-refractivity contribution >= 4 is 20.7 Å². The first kappa shape index (κ1) is 23.0. The minimum absolute atomic E-state index is 0.107. The molecule has 0 spiro atoms. The van der Waals surface area contributed by atoms with Crippen LogP contribution in [0.15, 0.2) is 30.3 Å². The average Bonchev–Trinajstić information content (AvgIpc) is 2.93. The molecule has 3 rings (SSSR count). The number of aliphatic hydroxyl groups is 1. The van der Waals surface area contributed by atoms with E-state index in [0.29, 0.717) is 11.4 Å². The van der Waals surface area contributed by atoms with Gasteiger partial charge in [-0.2, -0.15) is 5.10 Å². The third-order valence-corrected chi connectivity index (χ3v) is 5.53. The lowest BCUT2D eigenvalue weighted by molar-refractivity contribution is 0.143. The fourth-order valence-corrected chi connectivity index (χ4v) is 4.23. The van der Waals surface area contributed by atoms with Gasteiger partial charge in [-0.1, -0.05) is 44.9 Å². The van der Waals surface area contributed by atoms with Crippen molar-refractivity contribution < 1.29 is 13.5 Å². The van der Waals surface area contributed by atoms with E-state index in [4.69, 9.17) is 4.98 Å². The number of aromatic nitrogens is 3. The Balaban J connectivity index is 2.26. The highest BCUT2D eigenvalue weighted by Crippen LogP contribution is 2.36. The molecule has 0 radical (unpaired) electrons. The number of sulfone groups is 1. The van der Waals surface area contributed by atoms with Gasteiger partial charge >= 0.3 is 0 Å². The van der Waals surface area contributed by atoms with E-state index in [2.05, 4.69) is 37.7 Å². The van der Waals surface area contributed by atoms with Crippen LogP contribution < -0.4 is 0 Å². The fourth-order valence-electron chi connectivity index (χ4n) is 3.52. The summed E-state index contributed by atoms with van der Waals surface area (Å²) in [5, 5.41) is 15.2. The topological polar surface area (TPSA) is 85.1 Å². The Kier molecular flexibility index (Phi) is 5.76. The minimum atomic E-state index is -3.21. The lowest BCUT2D eigenvalue weighted by Crippen LogP contribution is -2.17. The van der Waals surface area contributed by atoms with Crippen molar-refractivity contribution in [3.05, 3.63) is 47.4 Å². The number of nitrogens with zero attached hydrogens (tertiary/aromatic N) is 3. The molecule has 0 fully saturated rings. The quantitative estimate of drug-likeness (QED) is 0.630. The zero-order valence-electron chi connectivity index (χ0n) is 19.1. The van der Waals surface area contributed by atoms with Crippen LogP contribution in [0.3, 0.4) is 0 Å². The monoisotopic (exact) mass is 439 g/mol. The van der Waals surface area contributed by atoms with Gasteiger partial charge in [0.2, 0.25) is 0 Å². The van der Waals surface area contributed by atoms with Crippen LogP contribution in [0.1, 0.15) is 51.7 Å². The normalized spacial score (nSPS) is 12.6. The molecule has 1 aromatic carbocycles. The van der Waals surface area contributed by atoms with Gasteiger partial charge in [-0.25, -0.2) is 13.4 Å². The van der Waals surface area contributed by atoms with E-state index in [1.165, 1.54) is 6.26 Å². The SMILES string of the molecule is Cn1nc(CS(C)(=O)=O)c2cccc(-c3ccc(C#CC(C)(C)O)nc3C(C)(C)C)c21. The molecule has 0 aliphatic rings. The van der Waals surface area contributed by atoms with E-state index in [1.807, 2.05) is 37.4 Å². The summed E-state index contributed by atoms with van der Waals surface area (Å²) >= 11 is 0. The summed E-state index contributed by atoms with van der Waals surface area (Å²) in [6.07, 6.45) is 1.21. The highest BCUT2D eigenvalue weighted by atomic mass is 32.2. The maximum absolute atomic E-state index is 11.9. The van der Waals surface area contributed by atoms with Crippen molar-refractivity contribution in [2.45, 2.75) is 51.4 Å². The zero-order valence-corrected chi connectivity index (χ0v) is 19.9. The molecule has 0 saturated carbocycles. The first-order valence-electron chi connectivity index (χ1n) is 10.1. The van der Waals surface area contributed by atoms with Crippen LogP contribution in [0.4, 0.5) is 0 Å². The van der Waals surface area contributed by atoms with Crippen LogP contribution in [0.2, 0.25) is 0 Å². The third kappa shape index (κ3) is 5.33. The van der Waals surface area contributed by atoms with Gasteiger partial charge in [0.05, 0.1) is 22.7 Å². The second-order valence-corrected chi connectivity index (χ2v) is 11.6. The van der Waals surface area contributed by atoms with Gasteiger partial charge in [0.15, 0.2) is 9.84 Å². The number of rotatable bonds is 3. The molecule has 31 heavy (non-hydrogen) atoms. The lowest BCUT2D eigenvalue weighted by atomic mass is 9.85. The Morgan fingerprint density at radius 1 is 1.06 bits per heavy atom. The molecular formula is C24H29N3O3S. The molecule has 0 bridgehead atoms. The Morgan fingerprint density at radius 2 is 1.74 bits per heavy atom.